The number of anilines is 1. The molecule has 3 N–H and O–H groups in total. The highest BCUT2D eigenvalue weighted by Gasteiger charge is 2.34. The summed E-state index contributed by atoms with van der Waals surface area (Å²) in [5, 5.41) is 15.6. The molecule has 4 rings (SSSR count). The molecule has 1 saturated heterocycles. The number of urea groups is 1. The zero-order chi connectivity index (χ0) is 27.3. The zero-order valence-electron chi connectivity index (χ0n) is 20.2. The number of carbonyl (C=O) groups excluding carboxylic acids is 1. The number of amides is 2. The van der Waals surface area contributed by atoms with Crippen molar-refractivity contribution in [2.75, 3.05) is 25.1 Å². The van der Waals surface area contributed by atoms with Gasteiger partial charge in [-0.1, -0.05) is 6.92 Å². The fourth-order valence-electron chi connectivity index (χ4n) is 3.65. The molecule has 0 aliphatic carbocycles. The normalized spacial score (nSPS) is 14.2. The fourth-order valence-corrected chi connectivity index (χ4v) is 4.51. The van der Waals surface area contributed by atoms with E-state index in [1.807, 2.05) is 6.92 Å². The van der Waals surface area contributed by atoms with Crippen LogP contribution in [0.2, 0.25) is 0 Å². The Hall–Kier alpha value is -3.78. The number of ether oxygens (including phenoxy) is 2. The number of hydrogen-bond donors (Lipinski definition) is 3. The first-order chi connectivity index (χ1) is 18.2. The quantitative estimate of drug-likeness (QED) is 0.353. The molecule has 0 atom stereocenters. The van der Waals surface area contributed by atoms with E-state index < -0.39 is 23.9 Å². The number of nitrogens with one attached hydrogen (secondary N) is 2. The summed E-state index contributed by atoms with van der Waals surface area (Å²) in [4.78, 5) is 36.1. The van der Waals surface area contributed by atoms with Gasteiger partial charge in [0, 0.05) is 53.9 Å². The van der Waals surface area contributed by atoms with Crippen LogP contribution >= 0.6 is 11.3 Å². The summed E-state index contributed by atoms with van der Waals surface area (Å²) in [7, 11) is 0. The fraction of sp³-hybridized carbons (Fsp3) is 0.375. The van der Waals surface area contributed by atoms with E-state index in [2.05, 4.69) is 25.6 Å². The molecule has 14 heteroatoms. The Morgan fingerprint density at radius 2 is 1.92 bits per heavy atom. The number of carbonyl (C=O) groups is 2. The number of thiazole rings is 1. The standard InChI is InChI=1S/C24H24F3N5O5S/c1-2-5-28-23(35)32-19-9-16(21-31-18(12-38-21)24(25,26)27)17(11-29-19)15-8-13(22(33)34)10-30-20(15)37-14-3-6-36-7-4-14/h8-12,14H,2-7H2,1H3,(H,33,34)(H2,28,29,32,35). The van der Waals surface area contributed by atoms with Crippen molar-refractivity contribution in [3.63, 3.8) is 0 Å². The topological polar surface area (TPSA) is 136 Å². The smallest absolute Gasteiger partial charge is 0.434 e. The molecule has 0 unspecified atom stereocenters. The molecule has 1 fully saturated rings. The number of nitrogens with zero attached hydrogens (tertiary/aromatic N) is 3. The van der Waals surface area contributed by atoms with Gasteiger partial charge < -0.3 is 19.9 Å². The maximum Gasteiger partial charge on any atom is 0.434 e. The lowest BCUT2D eigenvalue weighted by Crippen LogP contribution is -2.29. The minimum atomic E-state index is -4.66. The number of aromatic carboxylic acids is 1. The Balaban J connectivity index is 1.82. The first-order valence-corrected chi connectivity index (χ1v) is 12.6. The van der Waals surface area contributed by atoms with E-state index in [1.165, 1.54) is 18.3 Å². The summed E-state index contributed by atoms with van der Waals surface area (Å²) in [6.07, 6.45) is -0.569. The second-order valence-electron chi connectivity index (χ2n) is 8.34. The van der Waals surface area contributed by atoms with Crippen molar-refractivity contribution in [2.24, 2.45) is 0 Å². The number of pyridine rings is 2. The van der Waals surface area contributed by atoms with E-state index in [0.717, 1.165) is 22.9 Å². The molecule has 0 saturated carbocycles. The van der Waals surface area contributed by atoms with Gasteiger partial charge in [0.05, 0.1) is 18.8 Å². The van der Waals surface area contributed by atoms with Crippen molar-refractivity contribution in [3.05, 3.63) is 41.2 Å². The Bertz CT molecular complexity index is 1310. The Labute approximate surface area is 219 Å². The van der Waals surface area contributed by atoms with Gasteiger partial charge in [0.25, 0.3) is 0 Å². The van der Waals surface area contributed by atoms with Gasteiger partial charge in [-0.2, -0.15) is 13.2 Å². The van der Waals surface area contributed by atoms with Crippen LogP contribution in [0.25, 0.3) is 21.7 Å². The number of hydrogen-bond acceptors (Lipinski definition) is 8. The van der Waals surface area contributed by atoms with E-state index in [9.17, 15) is 27.9 Å². The van der Waals surface area contributed by atoms with Crippen molar-refractivity contribution >= 4 is 29.2 Å². The van der Waals surface area contributed by atoms with Crippen molar-refractivity contribution in [1.82, 2.24) is 20.3 Å². The maximum atomic E-state index is 13.3. The molecule has 0 radical (unpaired) electrons. The molecular formula is C24H24F3N5O5S. The number of halogens is 3. The average Bonchev–Trinajstić information content (AvgIpc) is 3.39. The Morgan fingerprint density at radius 1 is 1.16 bits per heavy atom. The van der Waals surface area contributed by atoms with E-state index in [-0.39, 0.29) is 45.1 Å². The monoisotopic (exact) mass is 551 g/mol. The van der Waals surface area contributed by atoms with Gasteiger partial charge in [-0.15, -0.1) is 11.3 Å². The number of alkyl halides is 3. The molecule has 202 valence electrons. The van der Waals surface area contributed by atoms with Crippen molar-refractivity contribution < 1.29 is 37.3 Å². The summed E-state index contributed by atoms with van der Waals surface area (Å²) in [6, 6.07) is 2.17. The molecule has 2 amide bonds. The lowest BCUT2D eigenvalue weighted by Gasteiger charge is -2.24. The van der Waals surface area contributed by atoms with Crippen LogP contribution in [0, 0.1) is 0 Å². The van der Waals surface area contributed by atoms with Gasteiger partial charge in [0.2, 0.25) is 5.88 Å². The second kappa shape index (κ2) is 11.7. The maximum absolute atomic E-state index is 13.3. The largest absolute Gasteiger partial charge is 0.478 e. The molecule has 3 aromatic rings. The van der Waals surface area contributed by atoms with Gasteiger partial charge in [-0.3, -0.25) is 5.32 Å². The van der Waals surface area contributed by atoms with Gasteiger partial charge in [-0.25, -0.2) is 24.5 Å². The molecule has 0 spiro atoms. The van der Waals surface area contributed by atoms with Crippen molar-refractivity contribution in [1.29, 1.82) is 0 Å². The van der Waals surface area contributed by atoms with Gasteiger partial charge in [-0.05, 0) is 18.6 Å². The summed E-state index contributed by atoms with van der Waals surface area (Å²) in [5.41, 5.74) is -0.588. The van der Waals surface area contributed by atoms with Crippen LogP contribution in [0.5, 0.6) is 5.88 Å². The number of rotatable bonds is 8. The highest BCUT2D eigenvalue weighted by Crippen LogP contribution is 2.41. The summed E-state index contributed by atoms with van der Waals surface area (Å²) >= 11 is 0.751. The van der Waals surface area contributed by atoms with E-state index >= 15 is 0 Å². The minimum Gasteiger partial charge on any atom is -0.478 e. The van der Waals surface area contributed by atoms with Crippen LogP contribution in [0.3, 0.4) is 0 Å². The average molecular weight is 552 g/mol. The van der Waals surface area contributed by atoms with Crippen LogP contribution in [-0.4, -0.2) is 57.9 Å². The van der Waals surface area contributed by atoms with E-state index in [4.69, 9.17) is 9.47 Å². The third-order valence-corrected chi connectivity index (χ3v) is 6.42. The van der Waals surface area contributed by atoms with Crippen LogP contribution in [0.1, 0.15) is 42.2 Å². The lowest BCUT2D eigenvalue weighted by atomic mass is 10.0. The first kappa shape index (κ1) is 27.3. The van der Waals surface area contributed by atoms with Crippen LogP contribution < -0.4 is 15.4 Å². The lowest BCUT2D eigenvalue weighted by molar-refractivity contribution is -0.140. The molecule has 38 heavy (non-hydrogen) atoms. The zero-order valence-corrected chi connectivity index (χ0v) is 21.0. The highest BCUT2D eigenvalue weighted by molar-refractivity contribution is 7.13. The van der Waals surface area contributed by atoms with Crippen molar-refractivity contribution in [2.45, 2.75) is 38.5 Å². The highest BCUT2D eigenvalue weighted by atomic mass is 32.1. The number of aromatic nitrogens is 3. The summed E-state index contributed by atoms with van der Waals surface area (Å²) in [5.74, 6) is -1.08. The SMILES string of the molecule is CCCNC(=O)Nc1cc(-c2nc(C(F)(F)F)cs2)c(-c2cc(C(=O)O)cnc2OC2CCOCC2)cn1. The van der Waals surface area contributed by atoms with Gasteiger partial charge in [0.15, 0.2) is 5.69 Å². The minimum absolute atomic E-state index is 0.00974. The van der Waals surface area contributed by atoms with Gasteiger partial charge >= 0.3 is 18.2 Å². The number of carboxylic acid groups (broad SMARTS) is 1. The molecule has 1 aliphatic heterocycles. The first-order valence-electron chi connectivity index (χ1n) is 11.7. The van der Waals surface area contributed by atoms with Gasteiger partial charge in [0.1, 0.15) is 16.9 Å². The predicted octanol–water partition coefficient (Wildman–Crippen LogP) is 5.07. The molecule has 1 aliphatic rings. The summed E-state index contributed by atoms with van der Waals surface area (Å²) in [6.45, 7) is 3.27. The molecule has 10 nitrogen and oxygen atoms in total. The molecule has 0 aromatic carbocycles. The van der Waals surface area contributed by atoms with E-state index in [1.54, 1.807) is 0 Å². The van der Waals surface area contributed by atoms with Crippen LogP contribution in [0.15, 0.2) is 29.9 Å². The van der Waals surface area contributed by atoms with Crippen molar-refractivity contribution in [3.8, 4) is 27.6 Å². The molecule has 0 bridgehead atoms. The molecule has 4 heterocycles. The Kier molecular flexibility index (Phi) is 8.42. The van der Waals surface area contributed by atoms with Crippen LogP contribution in [0.4, 0.5) is 23.8 Å². The predicted molar refractivity (Wildman–Crippen MR) is 132 cm³/mol. The second-order valence-corrected chi connectivity index (χ2v) is 9.20. The number of carboxylic acids is 1. The molecule has 3 aromatic heterocycles. The summed E-state index contributed by atoms with van der Waals surface area (Å²) < 4.78 is 51.4. The molecular weight excluding hydrogens is 527 g/mol. The van der Waals surface area contributed by atoms with Crippen LogP contribution in [-0.2, 0) is 10.9 Å². The third-order valence-electron chi connectivity index (χ3n) is 5.54. The van der Waals surface area contributed by atoms with E-state index in [0.29, 0.717) is 39.0 Å². The third kappa shape index (κ3) is 6.55. The Morgan fingerprint density at radius 3 is 2.58 bits per heavy atom.